The molecule has 102 valence electrons. The van der Waals surface area contributed by atoms with Crippen molar-refractivity contribution in [3.8, 4) is 11.5 Å². The van der Waals surface area contributed by atoms with E-state index in [1.54, 1.807) is 17.4 Å². The number of phenols is 1. The molecule has 0 amide bonds. The lowest BCUT2D eigenvalue weighted by molar-refractivity contribution is 0.373. The van der Waals surface area contributed by atoms with Crippen molar-refractivity contribution in [3.63, 3.8) is 0 Å². The number of hydrogen-bond donors (Lipinski definition) is 2. The normalized spacial score (nSPS) is 12.2. The molecule has 6 heteroatoms. The Morgan fingerprint density at radius 3 is 2.84 bits per heavy atom. The van der Waals surface area contributed by atoms with Crippen molar-refractivity contribution in [2.75, 3.05) is 12.4 Å². The number of aryl methyl sites for hydroxylation is 1. The third kappa shape index (κ3) is 3.14. The maximum absolute atomic E-state index is 9.58. The molecule has 5 nitrogen and oxygen atoms in total. The Balaban J connectivity index is 2.12. The minimum absolute atomic E-state index is 0.0622. The van der Waals surface area contributed by atoms with Gasteiger partial charge < -0.3 is 15.2 Å². The molecule has 2 aromatic rings. The van der Waals surface area contributed by atoms with E-state index in [1.165, 1.54) is 7.11 Å². The van der Waals surface area contributed by atoms with Gasteiger partial charge in [0.1, 0.15) is 5.01 Å². The first kappa shape index (κ1) is 13.6. The highest BCUT2D eigenvalue weighted by molar-refractivity contribution is 7.15. The molecule has 0 saturated heterocycles. The molecule has 0 radical (unpaired) electrons. The summed E-state index contributed by atoms with van der Waals surface area (Å²) < 4.78 is 5.10. The van der Waals surface area contributed by atoms with E-state index in [2.05, 4.69) is 22.4 Å². The first-order valence-electron chi connectivity index (χ1n) is 6.09. The molecule has 0 aliphatic carbocycles. The largest absolute Gasteiger partial charge is 0.504 e. The number of hydrogen-bond acceptors (Lipinski definition) is 6. The summed E-state index contributed by atoms with van der Waals surface area (Å²) in [6.45, 7) is 4.08. The smallest absolute Gasteiger partial charge is 0.206 e. The number of aromatic nitrogens is 2. The van der Waals surface area contributed by atoms with Crippen LogP contribution in [0.3, 0.4) is 0 Å². The molecule has 19 heavy (non-hydrogen) atoms. The first-order chi connectivity index (χ1) is 9.13. The summed E-state index contributed by atoms with van der Waals surface area (Å²) in [5.74, 6) is 0.611. The van der Waals surface area contributed by atoms with Crippen LogP contribution in [0, 0.1) is 0 Å². The van der Waals surface area contributed by atoms with Crippen molar-refractivity contribution in [1.29, 1.82) is 0 Å². The lowest BCUT2D eigenvalue weighted by Gasteiger charge is -2.14. The molecule has 1 unspecified atom stereocenters. The molecular weight excluding hydrogens is 262 g/mol. The van der Waals surface area contributed by atoms with Gasteiger partial charge in [-0.15, -0.1) is 10.2 Å². The van der Waals surface area contributed by atoms with Crippen molar-refractivity contribution < 1.29 is 9.84 Å². The topological polar surface area (TPSA) is 67.3 Å². The zero-order chi connectivity index (χ0) is 13.8. The molecule has 1 aromatic heterocycles. The summed E-state index contributed by atoms with van der Waals surface area (Å²) in [5.41, 5.74) is 1.02. The lowest BCUT2D eigenvalue weighted by Crippen LogP contribution is -2.06. The van der Waals surface area contributed by atoms with E-state index in [0.29, 0.717) is 5.75 Å². The monoisotopic (exact) mass is 279 g/mol. The van der Waals surface area contributed by atoms with E-state index in [0.717, 1.165) is 22.1 Å². The Bertz CT molecular complexity index is 557. The van der Waals surface area contributed by atoms with Crippen LogP contribution in [0.4, 0.5) is 5.13 Å². The van der Waals surface area contributed by atoms with Crippen LogP contribution in [-0.2, 0) is 6.42 Å². The van der Waals surface area contributed by atoms with E-state index in [-0.39, 0.29) is 11.8 Å². The highest BCUT2D eigenvalue weighted by Gasteiger charge is 2.11. The molecule has 0 bridgehead atoms. The average Bonchev–Trinajstić information content (AvgIpc) is 2.86. The second-order valence-corrected chi connectivity index (χ2v) is 5.21. The summed E-state index contributed by atoms with van der Waals surface area (Å²) in [5, 5.41) is 22.8. The molecule has 1 atom stereocenters. The van der Waals surface area contributed by atoms with Gasteiger partial charge in [0.25, 0.3) is 0 Å². The number of anilines is 1. The maximum Gasteiger partial charge on any atom is 0.206 e. The number of benzene rings is 1. The third-order valence-corrected chi connectivity index (χ3v) is 3.81. The van der Waals surface area contributed by atoms with E-state index in [1.807, 2.05) is 19.1 Å². The van der Waals surface area contributed by atoms with Crippen LogP contribution in [0.1, 0.15) is 30.5 Å². The molecular formula is C13H17N3O2S. The first-order valence-corrected chi connectivity index (χ1v) is 6.91. The summed E-state index contributed by atoms with van der Waals surface area (Å²) in [6.07, 6.45) is 0.890. The van der Waals surface area contributed by atoms with Crippen molar-refractivity contribution in [2.24, 2.45) is 0 Å². The minimum atomic E-state index is 0.0622. The van der Waals surface area contributed by atoms with Crippen LogP contribution in [0.15, 0.2) is 18.2 Å². The fourth-order valence-corrected chi connectivity index (χ4v) is 2.45. The van der Waals surface area contributed by atoms with E-state index in [9.17, 15) is 5.11 Å². The predicted octanol–water partition coefficient (Wildman–Crippen LogP) is 2.99. The molecule has 1 heterocycles. The molecule has 0 aliphatic heterocycles. The fourth-order valence-electron chi connectivity index (χ4n) is 1.69. The standard InChI is InChI=1S/C13H17N3O2S/c1-4-12-15-16-13(19-12)14-8(2)9-5-6-10(17)11(7-9)18-3/h5-8,17H,4H2,1-3H3,(H,14,16). The number of nitrogens with zero attached hydrogens (tertiary/aromatic N) is 2. The highest BCUT2D eigenvalue weighted by atomic mass is 32.1. The summed E-state index contributed by atoms with van der Waals surface area (Å²) in [6, 6.07) is 5.36. The number of methoxy groups -OCH3 is 1. The van der Waals surface area contributed by atoms with E-state index in [4.69, 9.17) is 4.74 Å². The maximum atomic E-state index is 9.58. The van der Waals surface area contributed by atoms with E-state index < -0.39 is 0 Å². The summed E-state index contributed by atoms with van der Waals surface area (Å²) >= 11 is 1.56. The second-order valence-electron chi connectivity index (χ2n) is 4.15. The second kappa shape index (κ2) is 5.88. The van der Waals surface area contributed by atoms with E-state index >= 15 is 0 Å². The van der Waals surface area contributed by atoms with Crippen LogP contribution >= 0.6 is 11.3 Å². The van der Waals surface area contributed by atoms with Gasteiger partial charge in [0.2, 0.25) is 5.13 Å². The molecule has 2 rings (SSSR count). The Morgan fingerprint density at radius 2 is 2.21 bits per heavy atom. The van der Waals surface area contributed by atoms with Crippen LogP contribution in [0.2, 0.25) is 0 Å². The number of rotatable bonds is 5. The van der Waals surface area contributed by atoms with Crippen LogP contribution in [-0.4, -0.2) is 22.4 Å². The zero-order valence-electron chi connectivity index (χ0n) is 11.2. The Hall–Kier alpha value is -1.82. The van der Waals surface area contributed by atoms with Crippen LogP contribution in [0.5, 0.6) is 11.5 Å². The highest BCUT2D eigenvalue weighted by Crippen LogP contribution is 2.30. The van der Waals surface area contributed by atoms with Crippen molar-refractivity contribution in [3.05, 3.63) is 28.8 Å². The van der Waals surface area contributed by atoms with Gasteiger partial charge in [0, 0.05) is 0 Å². The quantitative estimate of drug-likeness (QED) is 0.880. The molecule has 0 aliphatic rings. The number of nitrogens with one attached hydrogen (secondary N) is 1. The van der Waals surface area contributed by atoms with Crippen molar-refractivity contribution in [2.45, 2.75) is 26.3 Å². The SMILES string of the molecule is CCc1nnc(NC(C)c2ccc(O)c(OC)c2)s1. The van der Waals surface area contributed by atoms with Crippen LogP contribution < -0.4 is 10.1 Å². The van der Waals surface area contributed by atoms with Gasteiger partial charge in [0.05, 0.1) is 13.2 Å². The Kier molecular flexibility index (Phi) is 4.21. The van der Waals surface area contributed by atoms with Gasteiger partial charge in [-0.25, -0.2) is 0 Å². The van der Waals surface area contributed by atoms with Crippen molar-refractivity contribution >= 4 is 16.5 Å². The van der Waals surface area contributed by atoms with Crippen molar-refractivity contribution in [1.82, 2.24) is 10.2 Å². The molecule has 0 spiro atoms. The van der Waals surface area contributed by atoms with Gasteiger partial charge in [-0.1, -0.05) is 24.3 Å². The number of aromatic hydroxyl groups is 1. The predicted molar refractivity (Wildman–Crippen MR) is 76.0 cm³/mol. The summed E-state index contributed by atoms with van der Waals surface area (Å²) in [7, 11) is 1.54. The molecule has 0 fully saturated rings. The summed E-state index contributed by atoms with van der Waals surface area (Å²) in [4.78, 5) is 0. The van der Waals surface area contributed by atoms with Crippen LogP contribution in [0.25, 0.3) is 0 Å². The average molecular weight is 279 g/mol. The third-order valence-electron chi connectivity index (χ3n) is 2.81. The van der Waals surface area contributed by atoms with Gasteiger partial charge in [-0.3, -0.25) is 0 Å². The van der Waals surface area contributed by atoms with Gasteiger partial charge in [-0.2, -0.15) is 0 Å². The zero-order valence-corrected chi connectivity index (χ0v) is 12.0. The Labute approximate surface area is 116 Å². The Morgan fingerprint density at radius 1 is 1.42 bits per heavy atom. The van der Waals surface area contributed by atoms with Gasteiger partial charge >= 0.3 is 0 Å². The molecule has 1 aromatic carbocycles. The number of phenolic OH excluding ortho intramolecular Hbond substituents is 1. The fraction of sp³-hybridized carbons (Fsp3) is 0.385. The van der Waals surface area contributed by atoms with Gasteiger partial charge in [-0.05, 0) is 31.0 Å². The lowest BCUT2D eigenvalue weighted by atomic mass is 10.1. The van der Waals surface area contributed by atoms with Gasteiger partial charge in [0.15, 0.2) is 11.5 Å². The minimum Gasteiger partial charge on any atom is -0.504 e. The molecule has 2 N–H and O–H groups in total. The molecule has 0 saturated carbocycles. The number of ether oxygens (including phenoxy) is 1.